The normalized spacial score (nSPS) is 20.0. The van der Waals surface area contributed by atoms with Crippen molar-refractivity contribution >= 4 is 29.5 Å². The summed E-state index contributed by atoms with van der Waals surface area (Å²) in [5.74, 6) is -0.185. The van der Waals surface area contributed by atoms with Crippen molar-refractivity contribution in [2.45, 2.75) is 20.5 Å². The molecule has 1 saturated carbocycles. The summed E-state index contributed by atoms with van der Waals surface area (Å²) in [6.07, 6.45) is 1.62. The van der Waals surface area contributed by atoms with Crippen molar-refractivity contribution in [2.75, 3.05) is 0 Å². The monoisotopic (exact) mass is 402 g/mol. The molecule has 146 valence electrons. The maximum absolute atomic E-state index is 12.4. The first-order valence-electron chi connectivity index (χ1n) is 8.65. The fourth-order valence-electron chi connectivity index (χ4n) is 3.02. The van der Waals surface area contributed by atoms with Gasteiger partial charge in [-0.25, -0.2) is 0 Å². The molecule has 0 saturated heterocycles. The molecule has 3 rings (SSSR count). The number of nitrogens with zero attached hydrogens (tertiary/aromatic N) is 2. The van der Waals surface area contributed by atoms with Gasteiger partial charge in [0.15, 0.2) is 5.75 Å². The molecule has 0 bridgehead atoms. The van der Waals surface area contributed by atoms with E-state index in [0.29, 0.717) is 16.3 Å². The molecule has 1 aliphatic rings. The van der Waals surface area contributed by atoms with E-state index in [9.17, 15) is 14.9 Å². The standard InChI is InChI=1S/C20H19ClN2O5/c1-20(2)17(11-22-28-16-9-5-14(21)6-10-16)18(20)19(24)27-12-13-3-7-15(8-4-13)23(25)26/h3-11,17-18H,12H2,1-2H3/t17-,18-/m0/s1. The van der Waals surface area contributed by atoms with E-state index in [1.807, 2.05) is 13.8 Å². The molecule has 1 aliphatic carbocycles. The first-order chi connectivity index (χ1) is 13.3. The lowest BCUT2D eigenvalue weighted by Gasteiger charge is -2.05. The fraction of sp³-hybridized carbons (Fsp3) is 0.300. The number of halogens is 1. The first-order valence-corrected chi connectivity index (χ1v) is 9.03. The Labute approximate surface area is 167 Å². The minimum Gasteiger partial charge on any atom is -0.461 e. The smallest absolute Gasteiger partial charge is 0.310 e. The van der Waals surface area contributed by atoms with Crippen LogP contribution in [0.3, 0.4) is 0 Å². The Hall–Kier alpha value is -2.93. The van der Waals surface area contributed by atoms with Crippen LogP contribution in [-0.4, -0.2) is 17.1 Å². The van der Waals surface area contributed by atoms with E-state index in [-0.39, 0.29) is 35.5 Å². The third kappa shape index (κ3) is 4.48. The molecule has 0 aliphatic heterocycles. The summed E-state index contributed by atoms with van der Waals surface area (Å²) in [5, 5.41) is 15.2. The number of esters is 1. The number of benzene rings is 2. The summed E-state index contributed by atoms with van der Waals surface area (Å²) < 4.78 is 5.37. The average Bonchev–Trinajstić information content (AvgIpc) is 3.22. The first kappa shape index (κ1) is 19.8. The molecule has 2 aromatic carbocycles. The summed E-state index contributed by atoms with van der Waals surface area (Å²) >= 11 is 5.82. The van der Waals surface area contributed by atoms with Crippen LogP contribution in [0.4, 0.5) is 5.69 Å². The Balaban J connectivity index is 1.52. The number of oxime groups is 1. The molecule has 7 nitrogen and oxygen atoms in total. The number of hydrogen-bond donors (Lipinski definition) is 0. The number of carbonyl (C=O) groups excluding carboxylic acids is 1. The molecular formula is C20H19ClN2O5. The fourth-order valence-corrected chi connectivity index (χ4v) is 3.14. The van der Waals surface area contributed by atoms with Gasteiger partial charge in [-0.15, -0.1) is 0 Å². The Kier molecular flexibility index (Phi) is 5.65. The van der Waals surface area contributed by atoms with Crippen LogP contribution in [0.2, 0.25) is 5.02 Å². The molecule has 0 radical (unpaired) electrons. The number of non-ortho nitro benzene ring substituents is 1. The van der Waals surface area contributed by atoms with Gasteiger partial charge in [0.2, 0.25) is 0 Å². The Morgan fingerprint density at radius 1 is 1.21 bits per heavy atom. The van der Waals surface area contributed by atoms with Gasteiger partial charge in [0.25, 0.3) is 5.69 Å². The van der Waals surface area contributed by atoms with Crippen LogP contribution in [0.25, 0.3) is 0 Å². The molecule has 2 aromatic rings. The summed E-state index contributed by atoms with van der Waals surface area (Å²) in [6.45, 7) is 3.99. The topological polar surface area (TPSA) is 91.0 Å². The third-order valence-electron chi connectivity index (χ3n) is 4.89. The molecule has 0 N–H and O–H groups in total. The van der Waals surface area contributed by atoms with Crippen LogP contribution >= 0.6 is 11.6 Å². The lowest BCUT2D eigenvalue weighted by molar-refractivity contribution is -0.384. The number of rotatable bonds is 7. The summed E-state index contributed by atoms with van der Waals surface area (Å²) in [4.78, 5) is 27.9. The van der Waals surface area contributed by atoms with Crippen molar-refractivity contribution in [2.24, 2.45) is 22.4 Å². The van der Waals surface area contributed by atoms with E-state index in [1.54, 1.807) is 42.6 Å². The minimum absolute atomic E-state index is 0.00429. The largest absolute Gasteiger partial charge is 0.461 e. The highest BCUT2D eigenvalue weighted by atomic mass is 35.5. The van der Waals surface area contributed by atoms with E-state index in [4.69, 9.17) is 21.2 Å². The summed E-state index contributed by atoms with van der Waals surface area (Å²) in [6, 6.07) is 12.7. The number of hydrogen-bond acceptors (Lipinski definition) is 6. The SMILES string of the molecule is CC1(C)[C@H](C(=O)OCc2ccc([N+](=O)[O-])cc2)[C@@H]1C=NOc1ccc(Cl)cc1. The summed E-state index contributed by atoms with van der Waals surface area (Å²) in [7, 11) is 0. The zero-order valence-electron chi connectivity index (χ0n) is 15.4. The van der Waals surface area contributed by atoms with E-state index < -0.39 is 4.92 Å². The van der Waals surface area contributed by atoms with Crippen LogP contribution in [0.15, 0.2) is 53.7 Å². The maximum Gasteiger partial charge on any atom is 0.310 e. The van der Waals surface area contributed by atoms with Gasteiger partial charge in [0, 0.05) is 29.3 Å². The number of ether oxygens (including phenoxy) is 1. The lowest BCUT2D eigenvalue weighted by Crippen LogP contribution is -2.10. The van der Waals surface area contributed by atoms with E-state index in [1.165, 1.54) is 12.1 Å². The zero-order valence-corrected chi connectivity index (χ0v) is 16.1. The van der Waals surface area contributed by atoms with Crippen molar-refractivity contribution in [1.82, 2.24) is 0 Å². The van der Waals surface area contributed by atoms with Gasteiger partial charge in [0.05, 0.1) is 10.8 Å². The van der Waals surface area contributed by atoms with Crippen molar-refractivity contribution in [3.05, 3.63) is 69.2 Å². The molecule has 0 unspecified atom stereocenters. The average molecular weight is 403 g/mol. The number of nitro benzene ring substituents is 1. The second kappa shape index (κ2) is 7.98. The molecule has 0 aromatic heterocycles. The highest BCUT2D eigenvalue weighted by Crippen LogP contribution is 2.57. The van der Waals surface area contributed by atoms with Crippen LogP contribution in [0.1, 0.15) is 19.4 Å². The van der Waals surface area contributed by atoms with E-state index in [2.05, 4.69) is 5.16 Å². The second-order valence-corrected chi connectivity index (χ2v) is 7.59. The Morgan fingerprint density at radius 3 is 2.46 bits per heavy atom. The molecule has 1 fully saturated rings. The summed E-state index contributed by atoms with van der Waals surface area (Å²) in [5.41, 5.74) is 0.406. The number of nitro groups is 1. The van der Waals surface area contributed by atoms with E-state index in [0.717, 1.165) is 0 Å². The molecule has 0 amide bonds. The minimum atomic E-state index is -0.474. The molecule has 8 heteroatoms. The van der Waals surface area contributed by atoms with Crippen molar-refractivity contribution in [3.8, 4) is 5.75 Å². The van der Waals surface area contributed by atoms with Gasteiger partial charge in [-0.3, -0.25) is 14.9 Å². The molecule has 0 spiro atoms. The molecule has 2 atom stereocenters. The van der Waals surface area contributed by atoms with Gasteiger partial charge < -0.3 is 9.57 Å². The third-order valence-corrected chi connectivity index (χ3v) is 5.14. The van der Waals surface area contributed by atoms with Crippen LogP contribution in [0.5, 0.6) is 5.75 Å². The van der Waals surface area contributed by atoms with Crippen LogP contribution in [0, 0.1) is 27.4 Å². The molecule has 0 heterocycles. The van der Waals surface area contributed by atoms with Crippen molar-refractivity contribution in [1.29, 1.82) is 0 Å². The van der Waals surface area contributed by atoms with Crippen molar-refractivity contribution in [3.63, 3.8) is 0 Å². The zero-order chi connectivity index (χ0) is 20.3. The Morgan fingerprint density at radius 2 is 1.86 bits per heavy atom. The highest BCUT2D eigenvalue weighted by Gasteiger charge is 2.62. The van der Waals surface area contributed by atoms with E-state index >= 15 is 0 Å². The van der Waals surface area contributed by atoms with Crippen LogP contribution in [-0.2, 0) is 16.1 Å². The van der Waals surface area contributed by atoms with Gasteiger partial charge in [-0.2, -0.15) is 0 Å². The second-order valence-electron chi connectivity index (χ2n) is 7.16. The predicted molar refractivity (Wildman–Crippen MR) is 104 cm³/mol. The highest BCUT2D eigenvalue weighted by molar-refractivity contribution is 6.30. The lowest BCUT2D eigenvalue weighted by atomic mass is 10.1. The predicted octanol–water partition coefficient (Wildman–Crippen LogP) is 4.63. The molecular weight excluding hydrogens is 384 g/mol. The molecule has 28 heavy (non-hydrogen) atoms. The maximum atomic E-state index is 12.4. The van der Waals surface area contributed by atoms with Gasteiger partial charge in [-0.05, 0) is 47.4 Å². The van der Waals surface area contributed by atoms with Gasteiger partial charge in [-0.1, -0.05) is 30.6 Å². The van der Waals surface area contributed by atoms with Crippen molar-refractivity contribution < 1.29 is 19.3 Å². The number of carbonyl (C=O) groups is 1. The Bertz CT molecular complexity index is 894. The quantitative estimate of drug-likeness (QED) is 0.291. The van der Waals surface area contributed by atoms with Gasteiger partial charge >= 0.3 is 5.97 Å². The van der Waals surface area contributed by atoms with Crippen LogP contribution < -0.4 is 4.84 Å². The van der Waals surface area contributed by atoms with Gasteiger partial charge in [0.1, 0.15) is 6.61 Å².